The molecule has 21 heavy (non-hydrogen) atoms. The Hall–Kier alpha value is -1.55. The second-order valence-corrected chi connectivity index (χ2v) is 6.18. The molecule has 2 aliphatic heterocycles. The van der Waals surface area contributed by atoms with Gasteiger partial charge in [0.05, 0.1) is 5.60 Å². The average Bonchev–Trinajstić information content (AvgIpc) is 2.95. The Balaban J connectivity index is 1.47. The minimum absolute atomic E-state index is 0.0771. The molecule has 2 heterocycles. The van der Waals surface area contributed by atoms with Crippen molar-refractivity contribution in [2.24, 2.45) is 0 Å². The molecule has 2 fully saturated rings. The zero-order valence-corrected chi connectivity index (χ0v) is 12.4. The minimum atomic E-state index is 0.0771. The predicted molar refractivity (Wildman–Crippen MR) is 80.2 cm³/mol. The number of hydrogen-bond acceptors (Lipinski definition) is 3. The second-order valence-electron chi connectivity index (χ2n) is 6.18. The van der Waals surface area contributed by atoms with Crippen LogP contribution in [0.25, 0.3) is 0 Å². The van der Waals surface area contributed by atoms with Crippen molar-refractivity contribution in [1.82, 2.24) is 4.90 Å². The summed E-state index contributed by atoms with van der Waals surface area (Å²) in [5.41, 5.74) is 1.17. The van der Waals surface area contributed by atoms with Gasteiger partial charge in [0.2, 0.25) is 5.91 Å². The first-order chi connectivity index (χ1) is 10.2. The lowest BCUT2D eigenvalue weighted by Gasteiger charge is -2.38. The molecule has 2 aliphatic rings. The number of amides is 1. The van der Waals surface area contributed by atoms with Crippen LogP contribution in [0.3, 0.4) is 0 Å². The fourth-order valence-electron chi connectivity index (χ4n) is 3.39. The number of likely N-dealkylation sites (tertiary alicyclic amines) is 1. The zero-order chi connectivity index (χ0) is 14.7. The van der Waals surface area contributed by atoms with Gasteiger partial charge in [0, 0.05) is 26.1 Å². The summed E-state index contributed by atoms with van der Waals surface area (Å²) in [6, 6.07) is 7.09. The largest absolute Gasteiger partial charge is 0.508 e. The summed E-state index contributed by atoms with van der Waals surface area (Å²) in [7, 11) is 0. The van der Waals surface area contributed by atoms with Gasteiger partial charge in [-0.15, -0.1) is 0 Å². The van der Waals surface area contributed by atoms with Crippen molar-refractivity contribution in [3.05, 3.63) is 29.8 Å². The first-order valence-electron chi connectivity index (χ1n) is 7.87. The van der Waals surface area contributed by atoms with Crippen LogP contribution in [0.1, 0.15) is 37.7 Å². The van der Waals surface area contributed by atoms with Gasteiger partial charge in [-0.3, -0.25) is 4.79 Å². The molecule has 0 radical (unpaired) electrons. The van der Waals surface area contributed by atoms with Crippen LogP contribution < -0.4 is 0 Å². The third-order valence-corrected chi connectivity index (χ3v) is 4.78. The van der Waals surface area contributed by atoms with Gasteiger partial charge >= 0.3 is 0 Å². The molecule has 1 spiro atoms. The number of rotatable bonds is 3. The third kappa shape index (κ3) is 3.38. The normalized spacial score (nSPS) is 20.9. The van der Waals surface area contributed by atoms with Crippen LogP contribution >= 0.6 is 0 Å². The van der Waals surface area contributed by atoms with E-state index in [1.807, 2.05) is 17.0 Å². The fourth-order valence-corrected chi connectivity index (χ4v) is 3.39. The SMILES string of the molecule is O=C(CCc1ccc(O)cc1)N1CCC2(CCCO2)CC1. The molecule has 1 amide bonds. The van der Waals surface area contributed by atoms with E-state index in [4.69, 9.17) is 4.74 Å². The van der Waals surface area contributed by atoms with E-state index in [9.17, 15) is 9.90 Å². The maximum Gasteiger partial charge on any atom is 0.222 e. The van der Waals surface area contributed by atoms with E-state index in [0.717, 1.165) is 57.4 Å². The Bertz CT molecular complexity index is 481. The van der Waals surface area contributed by atoms with Crippen molar-refractivity contribution < 1.29 is 14.6 Å². The predicted octanol–water partition coefficient (Wildman–Crippen LogP) is 2.50. The van der Waals surface area contributed by atoms with E-state index < -0.39 is 0 Å². The number of phenolic OH excluding ortho intramolecular Hbond substituents is 1. The van der Waals surface area contributed by atoms with E-state index in [-0.39, 0.29) is 17.3 Å². The van der Waals surface area contributed by atoms with Crippen molar-refractivity contribution >= 4 is 5.91 Å². The van der Waals surface area contributed by atoms with Gasteiger partial charge in [-0.25, -0.2) is 0 Å². The second kappa shape index (κ2) is 6.06. The number of aryl methyl sites for hydroxylation is 1. The number of ether oxygens (including phenoxy) is 1. The van der Waals surface area contributed by atoms with Gasteiger partial charge < -0.3 is 14.7 Å². The van der Waals surface area contributed by atoms with Crippen molar-refractivity contribution in [1.29, 1.82) is 0 Å². The summed E-state index contributed by atoms with van der Waals surface area (Å²) in [5.74, 6) is 0.499. The number of benzene rings is 1. The van der Waals surface area contributed by atoms with E-state index in [2.05, 4.69) is 0 Å². The number of hydrogen-bond donors (Lipinski definition) is 1. The summed E-state index contributed by atoms with van der Waals surface area (Å²) < 4.78 is 5.89. The molecule has 4 nitrogen and oxygen atoms in total. The van der Waals surface area contributed by atoms with E-state index in [1.54, 1.807) is 12.1 Å². The van der Waals surface area contributed by atoms with Gasteiger partial charge in [-0.2, -0.15) is 0 Å². The molecule has 2 saturated heterocycles. The molecule has 0 aromatic heterocycles. The lowest BCUT2D eigenvalue weighted by atomic mass is 9.88. The van der Waals surface area contributed by atoms with E-state index >= 15 is 0 Å². The summed E-state index contributed by atoms with van der Waals surface area (Å²) in [6.07, 6.45) is 5.56. The molecular weight excluding hydrogens is 266 g/mol. The first kappa shape index (κ1) is 14.4. The smallest absolute Gasteiger partial charge is 0.222 e. The highest BCUT2D eigenvalue weighted by molar-refractivity contribution is 5.76. The monoisotopic (exact) mass is 289 g/mol. The summed E-state index contributed by atoms with van der Waals surface area (Å²) in [5, 5.41) is 9.25. The van der Waals surface area contributed by atoms with Crippen molar-refractivity contribution in [2.45, 2.75) is 44.1 Å². The Morgan fingerprint density at radius 1 is 1.19 bits per heavy atom. The molecule has 1 aromatic rings. The topological polar surface area (TPSA) is 49.8 Å². The highest BCUT2D eigenvalue weighted by Crippen LogP contribution is 2.35. The molecule has 1 aromatic carbocycles. The molecule has 114 valence electrons. The fraction of sp³-hybridized carbons (Fsp3) is 0.588. The van der Waals surface area contributed by atoms with E-state index in [0.29, 0.717) is 6.42 Å². The van der Waals surface area contributed by atoms with Crippen LogP contribution in [0.4, 0.5) is 0 Å². The van der Waals surface area contributed by atoms with Gasteiger partial charge in [0.25, 0.3) is 0 Å². The summed E-state index contributed by atoms with van der Waals surface area (Å²) in [4.78, 5) is 14.3. The molecule has 1 N–H and O–H groups in total. The number of aromatic hydroxyl groups is 1. The van der Waals surface area contributed by atoms with Gasteiger partial charge in [0.15, 0.2) is 0 Å². The Morgan fingerprint density at radius 2 is 1.90 bits per heavy atom. The zero-order valence-electron chi connectivity index (χ0n) is 12.4. The first-order valence-corrected chi connectivity index (χ1v) is 7.87. The average molecular weight is 289 g/mol. The van der Waals surface area contributed by atoms with Crippen molar-refractivity contribution in [2.75, 3.05) is 19.7 Å². The highest BCUT2D eigenvalue weighted by atomic mass is 16.5. The van der Waals surface area contributed by atoms with Gasteiger partial charge in [-0.1, -0.05) is 12.1 Å². The van der Waals surface area contributed by atoms with Crippen LogP contribution in [0.15, 0.2) is 24.3 Å². The molecule has 0 saturated carbocycles. The molecule has 0 unspecified atom stereocenters. The Morgan fingerprint density at radius 3 is 2.52 bits per heavy atom. The molecule has 4 heteroatoms. The highest BCUT2D eigenvalue weighted by Gasteiger charge is 2.39. The van der Waals surface area contributed by atoms with Crippen molar-refractivity contribution in [3.63, 3.8) is 0 Å². The number of nitrogens with zero attached hydrogens (tertiary/aromatic N) is 1. The number of carbonyl (C=O) groups excluding carboxylic acids is 1. The maximum atomic E-state index is 12.3. The van der Waals surface area contributed by atoms with Crippen LogP contribution in [0.2, 0.25) is 0 Å². The van der Waals surface area contributed by atoms with Crippen LogP contribution in [-0.2, 0) is 16.0 Å². The van der Waals surface area contributed by atoms with E-state index in [1.165, 1.54) is 0 Å². The Kier molecular flexibility index (Phi) is 4.15. The summed E-state index contributed by atoms with van der Waals surface area (Å²) in [6.45, 7) is 2.54. The standard InChI is InChI=1S/C17H23NO3/c19-15-5-2-14(3-6-15)4-7-16(20)18-11-9-17(10-12-18)8-1-13-21-17/h2-3,5-6,19H,1,4,7-13H2. The quantitative estimate of drug-likeness (QED) is 0.930. The van der Waals surface area contributed by atoms with Gasteiger partial charge in [-0.05, 0) is 49.8 Å². The number of piperidine rings is 1. The molecular formula is C17H23NO3. The number of phenols is 1. The lowest BCUT2D eigenvalue weighted by molar-refractivity contribution is -0.135. The Labute approximate surface area is 125 Å². The lowest BCUT2D eigenvalue weighted by Crippen LogP contribution is -2.46. The van der Waals surface area contributed by atoms with Crippen LogP contribution in [0, 0.1) is 0 Å². The maximum absolute atomic E-state index is 12.3. The van der Waals surface area contributed by atoms with Crippen molar-refractivity contribution in [3.8, 4) is 5.75 Å². The molecule has 0 bridgehead atoms. The van der Waals surface area contributed by atoms with Gasteiger partial charge in [0.1, 0.15) is 5.75 Å². The molecule has 3 rings (SSSR count). The minimum Gasteiger partial charge on any atom is -0.508 e. The number of carbonyl (C=O) groups is 1. The molecule has 0 atom stereocenters. The molecule has 0 aliphatic carbocycles. The van der Waals surface area contributed by atoms with Crippen LogP contribution in [-0.4, -0.2) is 41.2 Å². The third-order valence-electron chi connectivity index (χ3n) is 4.78. The van der Waals surface area contributed by atoms with Crippen LogP contribution in [0.5, 0.6) is 5.75 Å². The summed E-state index contributed by atoms with van der Waals surface area (Å²) >= 11 is 0.